The number of nitrogens with zero attached hydrogens (tertiary/aromatic N) is 6. The molecule has 1 saturated heterocycles. The molecule has 2 fully saturated rings. The molecule has 3 aliphatic rings. The standard InChI is InChI=1S/C29H34FN7O3.2C2H6/c1-4-37(18(2)3)28(38)21-11-19(30)5-6-24(21)40-27-26(33-17-34-35-27)36-15-29(16-36)12-20(13-29)39-25-8-10-32-23-7-9-31-14-22(23)25;2*1-2/h5-6,8,10-11,17-18,20,31H,4,7,9,12-16H2,1-3H3;2*1-2H3. The zero-order chi connectivity index (χ0) is 31.9. The van der Waals surface area contributed by atoms with Crippen LogP contribution in [0.25, 0.3) is 0 Å². The zero-order valence-electron chi connectivity index (χ0n) is 27.1. The molecular formula is C33H46FN7O3. The van der Waals surface area contributed by atoms with Gasteiger partial charge in [-0.05, 0) is 57.9 Å². The molecule has 11 heteroatoms. The molecule has 3 aromatic rings. The fourth-order valence-electron chi connectivity index (χ4n) is 6.09. The van der Waals surface area contributed by atoms with E-state index in [4.69, 9.17) is 9.47 Å². The van der Waals surface area contributed by atoms with Gasteiger partial charge in [0.15, 0.2) is 5.82 Å². The lowest BCUT2D eigenvalue weighted by atomic mass is 9.61. The number of hydrogen-bond donors (Lipinski definition) is 1. The summed E-state index contributed by atoms with van der Waals surface area (Å²) in [5, 5.41) is 11.5. The molecule has 10 nitrogen and oxygen atoms in total. The van der Waals surface area contributed by atoms with Gasteiger partial charge in [-0.3, -0.25) is 9.78 Å². The lowest BCUT2D eigenvalue weighted by Crippen LogP contribution is -2.65. The Labute approximate surface area is 260 Å². The molecular weight excluding hydrogens is 561 g/mol. The summed E-state index contributed by atoms with van der Waals surface area (Å²) in [6.07, 6.45) is 6.24. The van der Waals surface area contributed by atoms with E-state index in [0.717, 1.165) is 56.9 Å². The maximum absolute atomic E-state index is 14.2. The molecule has 0 unspecified atom stereocenters. The highest BCUT2D eigenvalue weighted by Gasteiger charge is 2.54. The smallest absolute Gasteiger partial charge is 0.282 e. The Morgan fingerprint density at radius 3 is 2.59 bits per heavy atom. The molecule has 1 aliphatic carbocycles. The maximum Gasteiger partial charge on any atom is 0.282 e. The Balaban J connectivity index is 0.00000106. The van der Waals surface area contributed by atoms with Gasteiger partial charge in [0.2, 0.25) is 0 Å². The third-order valence-corrected chi connectivity index (χ3v) is 8.08. The number of ether oxygens (including phenoxy) is 2. The normalized spacial score (nSPS) is 16.3. The van der Waals surface area contributed by atoms with Crippen molar-refractivity contribution in [2.75, 3.05) is 31.1 Å². The van der Waals surface area contributed by atoms with Crippen LogP contribution >= 0.6 is 0 Å². The molecule has 6 rings (SSSR count). The molecule has 44 heavy (non-hydrogen) atoms. The summed E-state index contributed by atoms with van der Waals surface area (Å²) in [4.78, 5) is 26.0. The van der Waals surface area contributed by atoms with Gasteiger partial charge in [0.25, 0.3) is 11.8 Å². The van der Waals surface area contributed by atoms with Gasteiger partial charge in [-0.2, -0.15) is 0 Å². The molecule has 1 spiro atoms. The number of rotatable bonds is 8. The highest BCUT2D eigenvalue weighted by Crippen LogP contribution is 2.52. The molecule has 1 aromatic carbocycles. The number of hydrogen-bond acceptors (Lipinski definition) is 9. The number of pyridine rings is 1. The van der Waals surface area contributed by atoms with E-state index in [1.165, 1.54) is 30.1 Å². The van der Waals surface area contributed by atoms with Crippen LogP contribution in [0.1, 0.15) is 82.9 Å². The van der Waals surface area contributed by atoms with Crippen LogP contribution in [-0.4, -0.2) is 69.3 Å². The number of halogens is 1. The zero-order valence-corrected chi connectivity index (χ0v) is 27.1. The fourth-order valence-corrected chi connectivity index (χ4v) is 6.09. The molecule has 0 bridgehead atoms. The van der Waals surface area contributed by atoms with Gasteiger partial charge in [0.1, 0.15) is 29.7 Å². The summed E-state index contributed by atoms with van der Waals surface area (Å²) in [5.74, 6) is 1.08. The molecule has 4 heterocycles. The van der Waals surface area contributed by atoms with Crippen LogP contribution in [0.15, 0.2) is 36.8 Å². The van der Waals surface area contributed by atoms with Crippen molar-refractivity contribution in [3.63, 3.8) is 0 Å². The third-order valence-electron chi connectivity index (χ3n) is 8.08. The Kier molecular flexibility index (Phi) is 11.1. The van der Waals surface area contributed by atoms with E-state index in [0.29, 0.717) is 12.4 Å². The third kappa shape index (κ3) is 6.93. The van der Waals surface area contributed by atoms with E-state index in [-0.39, 0.29) is 40.7 Å². The number of carbonyl (C=O) groups is 1. The van der Waals surface area contributed by atoms with E-state index >= 15 is 0 Å². The fraction of sp³-hybridized carbons (Fsp3) is 0.545. The maximum atomic E-state index is 14.2. The number of aromatic nitrogens is 4. The topological polar surface area (TPSA) is 106 Å². The van der Waals surface area contributed by atoms with Gasteiger partial charge in [-0.25, -0.2) is 9.37 Å². The van der Waals surface area contributed by atoms with Crippen molar-refractivity contribution in [2.45, 2.75) is 86.4 Å². The second-order valence-corrected chi connectivity index (χ2v) is 11.2. The van der Waals surface area contributed by atoms with Gasteiger partial charge in [0, 0.05) is 68.1 Å². The SMILES string of the molecule is CC.CC.CCN(C(=O)c1cc(F)ccc1Oc1nncnc1N1CC2(CC(Oc3ccnc4c3CNCC4)C2)C1)C(C)C. The molecule has 0 radical (unpaired) electrons. The molecule has 238 valence electrons. The van der Waals surface area contributed by atoms with Crippen LogP contribution in [-0.2, 0) is 13.0 Å². The van der Waals surface area contributed by atoms with Crippen molar-refractivity contribution in [1.82, 2.24) is 30.4 Å². The predicted molar refractivity (Wildman–Crippen MR) is 169 cm³/mol. The highest BCUT2D eigenvalue weighted by atomic mass is 19.1. The average molecular weight is 608 g/mol. The van der Waals surface area contributed by atoms with Crippen molar-refractivity contribution in [3.05, 3.63) is 59.4 Å². The molecule has 2 aromatic heterocycles. The van der Waals surface area contributed by atoms with Gasteiger partial charge in [-0.15, -0.1) is 10.2 Å². The minimum atomic E-state index is -0.511. The van der Waals surface area contributed by atoms with Crippen LogP contribution in [0.3, 0.4) is 0 Å². The van der Waals surface area contributed by atoms with Crippen LogP contribution < -0.4 is 19.7 Å². The van der Waals surface area contributed by atoms with Crippen LogP contribution in [0, 0.1) is 11.2 Å². The first-order valence-corrected chi connectivity index (χ1v) is 15.9. The first-order valence-electron chi connectivity index (χ1n) is 15.9. The van der Waals surface area contributed by atoms with Crippen molar-refractivity contribution in [2.24, 2.45) is 5.41 Å². The average Bonchev–Trinajstić information content (AvgIpc) is 3.01. The Bertz CT molecular complexity index is 1410. The summed E-state index contributed by atoms with van der Waals surface area (Å²) in [6, 6.07) is 5.85. The number of fused-ring (bicyclic) bond motifs is 1. The summed E-state index contributed by atoms with van der Waals surface area (Å²) >= 11 is 0. The largest absolute Gasteiger partial charge is 0.490 e. The van der Waals surface area contributed by atoms with E-state index < -0.39 is 5.82 Å². The second-order valence-electron chi connectivity index (χ2n) is 11.2. The number of amides is 1. The summed E-state index contributed by atoms with van der Waals surface area (Å²) < 4.78 is 26.7. The van der Waals surface area contributed by atoms with Crippen LogP contribution in [0.5, 0.6) is 17.4 Å². The van der Waals surface area contributed by atoms with Crippen molar-refractivity contribution < 1.29 is 18.7 Å². The van der Waals surface area contributed by atoms with Gasteiger partial charge < -0.3 is 24.6 Å². The summed E-state index contributed by atoms with van der Waals surface area (Å²) in [5.41, 5.74) is 2.60. The van der Waals surface area contributed by atoms with E-state index in [1.54, 1.807) is 4.90 Å². The van der Waals surface area contributed by atoms with Gasteiger partial charge in [0.05, 0.1) is 5.56 Å². The van der Waals surface area contributed by atoms with Crippen molar-refractivity contribution in [3.8, 4) is 17.4 Å². The van der Waals surface area contributed by atoms with Crippen LogP contribution in [0.4, 0.5) is 10.2 Å². The molecule has 1 saturated carbocycles. The van der Waals surface area contributed by atoms with E-state index in [1.807, 2.05) is 60.7 Å². The molecule has 2 aliphatic heterocycles. The highest BCUT2D eigenvalue weighted by molar-refractivity contribution is 5.97. The molecule has 0 atom stereocenters. The Morgan fingerprint density at radius 2 is 1.89 bits per heavy atom. The van der Waals surface area contributed by atoms with Crippen molar-refractivity contribution in [1.29, 1.82) is 0 Å². The number of carbonyl (C=O) groups excluding carboxylic acids is 1. The molecule has 1 amide bonds. The number of anilines is 1. The Morgan fingerprint density at radius 1 is 1.14 bits per heavy atom. The minimum Gasteiger partial charge on any atom is -0.490 e. The second kappa shape index (κ2) is 14.7. The Hall–Kier alpha value is -3.86. The molecule has 1 N–H and O–H groups in total. The number of nitrogens with one attached hydrogen (secondary N) is 1. The monoisotopic (exact) mass is 607 g/mol. The first-order chi connectivity index (χ1) is 21.4. The van der Waals surface area contributed by atoms with Crippen LogP contribution in [0.2, 0.25) is 0 Å². The number of benzene rings is 1. The summed E-state index contributed by atoms with van der Waals surface area (Å²) in [7, 11) is 0. The van der Waals surface area contributed by atoms with Gasteiger partial charge in [-0.1, -0.05) is 27.7 Å². The van der Waals surface area contributed by atoms with E-state index in [9.17, 15) is 9.18 Å². The lowest BCUT2D eigenvalue weighted by molar-refractivity contribution is -0.0350. The van der Waals surface area contributed by atoms with Crippen molar-refractivity contribution >= 4 is 11.7 Å². The van der Waals surface area contributed by atoms with E-state index in [2.05, 4.69) is 30.4 Å². The minimum absolute atomic E-state index is 0.0458. The first kappa shape index (κ1) is 33.0. The quantitative estimate of drug-likeness (QED) is 0.339. The van der Waals surface area contributed by atoms with Gasteiger partial charge >= 0.3 is 0 Å². The lowest BCUT2D eigenvalue weighted by Gasteiger charge is -2.58. The predicted octanol–water partition coefficient (Wildman–Crippen LogP) is 5.81. The summed E-state index contributed by atoms with van der Waals surface area (Å²) in [6.45, 7) is 17.6.